The van der Waals surface area contributed by atoms with Gasteiger partial charge < -0.3 is 10.3 Å². The fourth-order valence-electron chi connectivity index (χ4n) is 1.16. The molecule has 0 fully saturated rings. The summed E-state index contributed by atoms with van der Waals surface area (Å²) in [7, 11) is 0. The number of aryl methyl sites for hydroxylation is 1. The van der Waals surface area contributed by atoms with E-state index < -0.39 is 11.8 Å². The zero-order valence-corrected chi connectivity index (χ0v) is 7.54. The summed E-state index contributed by atoms with van der Waals surface area (Å²) in [6, 6.07) is 2.34. The van der Waals surface area contributed by atoms with Crippen molar-refractivity contribution in [2.24, 2.45) is 0 Å². The van der Waals surface area contributed by atoms with Crippen LogP contribution in [0.3, 0.4) is 0 Å². The lowest BCUT2D eigenvalue weighted by Gasteiger charge is -2.06. The minimum atomic E-state index is -1.32. The van der Waals surface area contributed by atoms with E-state index in [1.807, 2.05) is 5.48 Å². The largest absolute Gasteiger partial charge is 0.478 e. The summed E-state index contributed by atoms with van der Waals surface area (Å²) in [5.74, 6) is -2.08. The summed E-state index contributed by atoms with van der Waals surface area (Å²) in [4.78, 5) is 10.6. The Morgan fingerprint density at radius 3 is 2.71 bits per heavy atom. The lowest BCUT2D eigenvalue weighted by molar-refractivity contribution is 0.0691. The molecule has 76 valence electrons. The topological polar surface area (TPSA) is 69.6 Å². The highest BCUT2D eigenvalue weighted by Gasteiger charge is 2.12. The van der Waals surface area contributed by atoms with Gasteiger partial charge in [0.25, 0.3) is 0 Å². The molecule has 1 aromatic rings. The number of carbonyl (C=O) groups is 1. The molecule has 0 spiro atoms. The number of rotatable bonds is 3. The normalized spacial score (nSPS) is 10.2. The molecule has 5 heteroatoms. The van der Waals surface area contributed by atoms with E-state index in [2.05, 4.69) is 0 Å². The molecular formula is C9H10FNO3. The number of benzene rings is 1. The van der Waals surface area contributed by atoms with Gasteiger partial charge in [-0.2, -0.15) is 0 Å². The first-order chi connectivity index (χ1) is 6.56. The Kier molecular flexibility index (Phi) is 3.16. The summed E-state index contributed by atoms with van der Waals surface area (Å²) >= 11 is 0. The molecule has 0 saturated heterocycles. The summed E-state index contributed by atoms with van der Waals surface area (Å²) in [5.41, 5.74) is 2.65. The van der Waals surface area contributed by atoms with E-state index in [9.17, 15) is 9.18 Å². The van der Waals surface area contributed by atoms with Gasteiger partial charge in [-0.15, -0.1) is 0 Å². The van der Waals surface area contributed by atoms with E-state index in [4.69, 9.17) is 10.3 Å². The number of hydrogen-bond acceptors (Lipinski definition) is 3. The Bertz CT molecular complexity index is 365. The summed E-state index contributed by atoms with van der Waals surface area (Å²) in [5, 5.41) is 17.1. The van der Waals surface area contributed by atoms with Crippen LogP contribution >= 0.6 is 0 Å². The van der Waals surface area contributed by atoms with Gasteiger partial charge in [-0.3, -0.25) is 0 Å². The molecule has 14 heavy (non-hydrogen) atoms. The highest BCUT2D eigenvalue weighted by molar-refractivity contribution is 5.88. The number of nitrogens with one attached hydrogen (secondary N) is 1. The molecule has 0 heterocycles. The van der Waals surface area contributed by atoms with Gasteiger partial charge in [0.15, 0.2) is 0 Å². The number of halogens is 1. The number of carboxylic acid groups (broad SMARTS) is 1. The fraction of sp³-hybridized carbons (Fsp3) is 0.222. The van der Waals surface area contributed by atoms with Crippen LogP contribution in [0.15, 0.2) is 12.1 Å². The molecule has 0 bridgehead atoms. The maximum absolute atomic E-state index is 13.1. The molecule has 4 nitrogen and oxygen atoms in total. The predicted molar refractivity (Wildman–Crippen MR) is 46.7 cm³/mol. The van der Waals surface area contributed by atoms with E-state index in [-0.39, 0.29) is 12.1 Å². The van der Waals surface area contributed by atoms with Gasteiger partial charge in [-0.1, -0.05) is 0 Å². The van der Waals surface area contributed by atoms with Crippen LogP contribution in [-0.4, -0.2) is 16.3 Å². The highest BCUT2D eigenvalue weighted by atomic mass is 19.1. The van der Waals surface area contributed by atoms with E-state index in [1.165, 1.54) is 6.07 Å². The minimum Gasteiger partial charge on any atom is -0.478 e. The molecule has 1 aromatic carbocycles. The van der Waals surface area contributed by atoms with Crippen molar-refractivity contribution in [3.05, 3.63) is 34.6 Å². The van der Waals surface area contributed by atoms with E-state index in [0.29, 0.717) is 11.1 Å². The molecule has 0 aliphatic heterocycles. The van der Waals surface area contributed by atoms with Gasteiger partial charge in [-0.25, -0.2) is 14.7 Å². The summed E-state index contributed by atoms with van der Waals surface area (Å²) in [6.45, 7) is 1.73. The molecule has 0 aliphatic rings. The third kappa shape index (κ3) is 2.07. The predicted octanol–water partition coefficient (Wildman–Crippen LogP) is 1.31. The van der Waals surface area contributed by atoms with Gasteiger partial charge in [0.1, 0.15) is 5.82 Å². The maximum atomic E-state index is 13.1. The lowest BCUT2D eigenvalue weighted by Crippen LogP contribution is -2.10. The monoisotopic (exact) mass is 199 g/mol. The van der Waals surface area contributed by atoms with Gasteiger partial charge in [0.05, 0.1) is 5.56 Å². The van der Waals surface area contributed by atoms with Crippen molar-refractivity contribution in [3.8, 4) is 0 Å². The van der Waals surface area contributed by atoms with Crippen LogP contribution in [0.2, 0.25) is 0 Å². The number of carboxylic acids is 1. The number of hydrogen-bond donors (Lipinski definition) is 3. The van der Waals surface area contributed by atoms with E-state index >= 15 is 0 Å². The molecule has 0 radical (unpaired) electrons. The Labute approximate surface area is 79.9 Å². The van der Waals surface area contributed by atoms with Crippen LogP contribution in [0.1, 0.15) is 21.5 Å². The molecule has 0 atom stereocenters. The molecule has 0 saturated carbocycles. The van der Waals surface area contributed by atoms with Gasteiger partial charge in [0, 0.05) is 6.54 Å². The molecule has 1 rings (SSSR count). The maximum Gasteiger partial charge on any atom is 0.338 e. The van der Waals surface area contributed by atoms with Crippen LogP contribution in [0.25, 0.3) is 0 Å². The quantitative estimate of drug-likeness (QED) is 0.642. The first kappa shape index (κ1) is 10.6. The molecule has 0 amide bonds. The SMILES string of the molecule is Cc1cc(F)c(C(=O)O)cc1CNO. The standard InChI is InChI=1S/C9H10FNO3/c1-5-2-8(10)7(9(12)13)3-6(5)4-11-14/h2-3,11,14H,4H2,1H3,(H,12,13). The summed E-state index contributed by atoms with van der Waals surface area (Å²) < 4.78 is 13.1. The van der Waals surface area contributed by atoms with E-state index in [0.717, 1.165) is 6.07 Å². The zero-order valence-electron chi connectivity index (χ0n) is 7.54. The Balaban J connectivity index is 3.20. The van der Waals surface area contributed by atoms with Crippen molar-refractivity contribution < 1.29 is 19.5 Å². The van der Waals surface area contributed by atoms with Crippen LogP contribution < -0.4 is 5.48 Å². The van der Waals surface area contributed by atoms with Crippen molar-refractivity contribution in [1.82, 2.24) is 5.48 Å². The van der Waals surface area contributed by atoms with Crippen molar-refractivity contribution >= 4 is 5.97 Å². The van der Waals surface area contributed by atoms with Crippen LogP contribution in [0.4, 0.5) is 4.39 Å². The minimum absolute atomic E-state index is 0.0897. The number of hydroxylamine groups is 1. The van der Waals surface area contributed by atoms with Crippen molar-refractivity contribution in [2.75, 3.05) is 0 Å². The van der Waals surface area contributed by atoms with Crippen molar-refractivity contribution in [3.63, 3.8) is 0 Å². The smallest absolute Gasteiger partial charge is 0.338 e. The Morgan fingerprint density at radius 2 is 2.21 bits per heavy atom. The third-order valence-corrected chi connectivity index (χ3v) is 1.93. The van der Waals surface area contributed by atoms with Crippen LogP contribution in [-0.2, 0) is 6.54 Å². The first-order valence-electron chi connectivity index (χ1n) is 3.95. The average molecular weight is 199 g/mol. The first-order valence-corrected chi connectivity index (χ1v) is 3.95. The second-order valence-electron chi connectivity index (χ2n) is 2.90. The highest BCUT2D eigenvalue weighted by Crippen LogP contribution is 2.15. The van der Waals surface area contributed by atoms with Crippen LogP contribution in [0, 0.1) is 12.7 Å². The fourth-order valence-corrected chi connectivity index (χ4v) is 1.16. The lowest BCUT2D eigenvalue weighted by atomic mass is 10.0. The van der Waals surface area contributed by atoms with Crippen molar-refractivity contribution in [2.45, 2.75) is 13.5 Å². The molecule has 0 aromatic heterocycles. The average Bonchev–Trinajstić information content (AvgIpc) is 2.09. The van der Waals surface area contributed by atoms with E-state index in [1.54, 1.807) is 6.92 Å². The van der Waals surface area contributed by atoms with Gasteiger partial charge in [-0.05, 0) is 30.2 Å². The Morgan fingerprint density at radius 1 is 1.57 bits per heavy atom. The molecular weight excluding hydrogens is 189 g/mol. The summed E-state index contributed by atoms with van der Waals surface area (Å²) in [6.07, 6.45) is 0. The van der Waals surface area contributed by atoms with Crippen molar-refractivity contribution in [1.29, 1.82) is 0 Å². The second-order valence-corrected chi connectivity index (χ2v) is 2.90. The zero-order chi connectivity index (χ0) is 10.7. The number of aromatic carboxylic acids is 1. The Hall–Kier alpha value is -1.46. The molecule has 3 N–H and O–H groups in total. The van der Waals surface area contributed by atoms with Gasteiger partial charge >= 0.3 is 5.97 Å². The second kappa shape index (κ2) is 4.17. The third-order valence-electron chi connectivity index (χ3n) is 1.93. The van der Waals surface area contributed by atoms with Crippen LogP contribution in [0.5, 0.6) is 0 Å². The molecule has 0 aliphatic carbocycles. The molecule has 0 unspecified atom stereocenters. The van der Waals surface area contributed by atoms with Gasteiger partial charge in [0.2, 0.25) is 0 Å².